The van der Waals surface area contributed by atoms with Crippen LogP contribution in [-0.4, -0.2) is 25.0 Å². The van der Waals surface area contributed by atoms with Crippen molar-refractivity contribution in [3.05, 3.63) is 53.6 Å². The highest BCUT2D eigenvalue weighted by Gasteiger charge is 2.30. The summed E-state index contributed by atoms with van der Waals surface area (Å²) in [6.07, 6.45) is 7.10. The van der Waals surface area contributed by atoms with Gasteiger partial charge < -0.3 is 15.0 Å². The molecule has 1 atom stereocenters. The molecule has 2 aromatic carbocycles. The number of para-hydroxylation sites is 1. The Morgan fingerprint density at radius 1 is 1.19 bits per heavy atom. The van der Waals surface area contributed by atoms with Crippen LogP contribution >= 0.6 is 0 Å². The molecule has 27 heavy (non-hydrogen) atoms. The predicted molar refractivity (Wildman–Crippen MR) is 104 cm³/mol. The minimum absolute atomic E-state index is 0.0517. The highest BCUT2D eigenvalue weighted by Crippen LogP contribution is 2.42. The second kappa shape index (κ2) is 7.16. The van der Waals surface area contributed by atoms with Gasteiger partial charge in [0.1, 0.15) is 12.4 Å². The molecule has 1 fully saturated rings. The molecule has 5 nitrogen and oxygen atoms in total. The summed E-state index contributed by atoms with van der Waals surface area (Å²) >= 11 is 0. The van der Waals surface area contributed by atoms with Crippen LogP contribution in [0.1, 0.15) is 36.3 Å². The molecule has 2 aliphatic heterocycles. The smallest absolute Gasteiger partial charge is 0.227 e. The molecule has 2 aromatic rings. The van der Waals surface area contributed by atoms with E-state index in [1.54, 1.807) is 4.90 Å². The van der Waals surface area contributed by atoms with Crippen molar-refractivity contribution in [1.29, 1.82) is 0 Å². The van der Waals surface area contributed by atoms with Crippen LogP contribution < -0.4 is 15.0 Å². The first kappa shape index (κ1) is 17.2. The summed E-state index contributed by atoms with van der Waals surface area (Å²) in [5.74, 6) is 3.13. The lowest BCUT2D eigenvalue weighted by molar-refractivity contribution is -0.117. The first-order valence-electron chi connectivity index (χ1n) is 9.06. The van der Waals surface area contributed by atoms with E-state index in [9.17, 15) is 9.59 Å². The summed E-state index contributed by atoms with van der Waals surface area (Å²) in [7, 11) is 0. The van der Waals surface area contributed by atoms with Crippen LogP contribution in [0.2, 0.25) is 0 Å². The number of hydrogen-bond donors (Lipinski definition) is 1. The highest BCUT2D eigenvalue weighted by molar-refractivity contribution is 5.99. The second-order valence-electron chi connectivity index (χ2n) is 6.76. The maximum absolute atomic E-state index is 12.4. The van der Waals surface area contributed by atoms with Gasteiger partial charge in [-0.2, -0.15) is 0 Å². The predicted octanol–water partition coefficient (Wildman–Crippen LogP) is 3.30. The second-order valence-corrected chi connectivity index (χ2v) is 6.76. The van der Waals surface area contributed by atoms with E-state index in [4.69, 9.17) is 11.2 Å². The number of ether oxygens (including phenoxy) is 1. The van der Waals surface area contributed by atoms with E-state index < -0.39 is 0 Å². The Hall–Kier alpha value is -3.26. The van der Waals surface area contributed by atoms with Gasteiger partial charge in [0, 0.05) is 42.2 Å². The van der Waals surface area contributed by atoms with Crippen LogP contribution in [-0.2, 0) is 9.59 Å². The minimum atomic E-state index is -0.119. The zero-order valence-electron chi connectivity index (χ0n) is 14.9. The molecule has 0 saturated carbocycles. The van der Waals surface area contributed by atoms with Crippen molar-refractivity contribution in [2.24, 2.45) is 0 Å². The van der Waals surface area contributed by atoms with E-state index in [-0.39, 0.29) is 24.3 Å². The Kier molecular flexibility index (Phi) is 4.55. The lowest BCUT2D eigenvalue weighted by Crippen LogP contribution is -2.26. The van der Waals surface area contributed by atoms with Crippen molar-refractivity contribution in [1.82, 2.24) is 0 Å². The van der Waals surface area contributed by atoms with E-state index >= 15 is 0 Å². The fourth-order valence-electron chi connectivity index (χ4n) is 3.84. The van der Waals surface area contributed by atoms with E-state index in [0.29, 0.717) is 18.6 Å². The SMILES string of the molecule is C#CCOc1ccccc1C1CC(=O)Nc2cc(N3CCCC3=O)ccc21. The first-order chi connectivity index (χ1) is 13.2. The number of carbonyl (C=O) groups is 2. The van der Waals surface area contributed by atoms with Gasteiger partial charge in [-0.1, -0.05) is 30.2 Å². The Morgan fingerprint density at radius 2 is 2.04 bits per heavy atom. The van der Waals surface area contributed by atoms with Crippen LogP contribution in [0.25, 0.3) is 0 Å². The lowest BCUT2D eigenvalue weighted by atomic mass is 9.84. The monoisotopic (exact) mass is 360 g/mol. The standard InChI is InChI=1S/C22H20N2O3/c1-2-12-27-20-7-4-3-6-17(20)18-14-21(25)23-19-13-15(9-10-16(18)19)24-11-5-8-22(24)26/h1,3-4,6-7,9-10,13,18H,5,8,11-12,14H2,(H,23,25). The summed E-state index contributed by atoms with van der Waals surface area (Å²) in [5.41, 5.74) is 3.53. The van der Waals surface area contributed by atoms with Crippen molar-refractivity contribution < 1.29 is 14.3 Å². The fourth-order valence-corrected chi connectivity index (χ4v) is 3.84. The largest absolute Gasteiger partial charge is 0.481 e. The van der Waals surface area contributed by atoms with Gasteiger partial charge in [0.15, 0.2) is 0 Å². The summed E-state index contributed by atoms with van der Waals surface area (Å²) in [6, 6.07) is 13.5. The van der Waals surface area contributed by atoms with Gasteiger partial charge in [-0.05, 0) is 30.2 Å². The number of hydrogen-bond acceptors (Lipinski definition) is 3. The van der Waals surface area contributed by atoms with Crippen LogP contribution in [0.3, 0.4) is 0 Å². The molecule has 2 aliphatic rings. The van der Waals surface area contributed by atoms with Gasteiger partial charge in [-0.15, -0.1) is 6.42 Å². The first-order valence-corrected chi connectivity index (χ1v) is 9.06. The molecule has 0 aliphatic carbocycles. The topological polar surface area (TPSA) is 58.6 Å². The van der Waals surface area contributed by atoms with Crippen molar-refractivity contribution in [2.45, 2.75) is 25.2 Å². The van der Waals surface area contributed by atoms with Crippen LogP contribution in [0.4, 0.5) is 11.4 Å². The molecule has 0 radical (unpaired) electrons. The van der Waals surface area contributed by atoms with E-state index in [0.717, 1.165) is 35.5 Å². The third kappa shape index (κ3) is 3.26. The molecule has 2 heterocycles. The fraction of sp³-hybridized carbons (Fsp3) is 0.273. The Bertz CT molecular complexity index is 945. The zero-order valence-corrected chi connectivity index (χ0v) is 14.9. The molecule has 0 aromatic heterocycles. The quantitative estimate of drug-likeness (QED) is 0.851. The number of carbonyl (C=O) groups excluding carboxylic acids is 2. The average molecular weight is 360 g/mol. The molecule has 5 heteroatoms. The van der Waals surface area contributed by atoms with Crippen LogP contribution in [0, 0.1) is 12.3 Å². The number of amides is 2. The van der Waals surface area contributed by atoms with Crippen molar-refractivity contribution in [3.8, 4) is 18.1 Å². The molecule has 1 N–H and O–H groups in total. The van der Waals surface area contributed by atoms with Crippen molar-refractivity contribution >= 4 is 23.2 Å². The minimum Gasteiger partial charge on any atom is -0.481 e. The summed E-state index contributed by atoms with van der Waals surface area (Å²) in [5, 5.41) is 2.95. The maximum atomic E-state index is 12.4. The number of rotatable bonds is 4. The molecular formula is C22H20N2O3. The number of anilines is 2. The van der Waals surface area contributed by atoms with E-state index in [1.807, 2.05) is 42.5 Å². The molecule has 1 unspecified atom stereocenters. The molecule has 136 valence electrons. The van der Waals surface area contributed by atoms with Gasteiger partial charge in [0.25, 0.3) is 0 Å². The number of terminal acetylenes is 1. The Morgan fingerprint density at radius 3 is 2.81 bits per heavy atom. The third-order valence-corrected chi connectivity index (χ3v) is 5.07. The zero-order chi connectivity index (χ0) is 18.8. The van der Waals surface area contributed by atoms with E-state index in [2.05, 4.69) is 11.2 Å². The Balaban J connectivity index is 1.73. The van der Waals surface area contributed by atoms with Crippen molar-refractivity contribution in [2.75, 3.05) is 23.4 Å². The van der Waals surface area contributed by atoms with Gasteiger partial charge in [0.05, 0.1) is 0 Å². The summed E-state index contributed by atoms with van der Waals surface area (Å²) in [6.45, 7) is 0.899. The molecule has 2 amide bonds. The number of nitrogens with one attached hydrogen (secondary N) is 1. The highest BCUT2D eigenvalue weighted by atomic mass is 16.5. The number of nitrogens with zero attached hydrogens (tertiary/aromatic N) is 1. The average Bonchev–Trinajstić information content (AvgIpc) is 3.11. The lowest BCUT2D eigenvalue weighted by Gasteiger charge is -2.28. The molecule has 4 rings (SSSR count). The normalized spacial score (nSPS) is 18.6. The molecule has 0 bridgehead atoms. The summed E-state index contributed by atoms with van der Waals surface area (Å²) < 4.78 is 5.69. The van der Waals surface area contributed by atoms with Gasteiger partial charge in [-0.3, -0.25) is 9.59 Å². The molecular weight excluding hydrogens is 340 g/mol. The molecule has 1 saturated heterocycles. The van der Waals surface area contributed by atoms with Gasteiger partial charge in [0.2, 0.25) is 11.8 Å². The number of fused-ring (bicyclic) bond motifs is 1. The Labute approximate surface area is 158 Å². The van der Waals surface area contributed by atoms with E-state index in [1.165, 1.54) is 0 Å². The number of benzene rings is 2. The van der Waals surface area contributed by atoms with Gasteiger partial charge >= 0.3 is 0 Å². The van der Waals surface area contributed by atoms with Gasteiger partial charge in [-0.25, -0.2) is 0 Å². The van der Waals surface area contributed by atoms with Crippen LogP contribution in [0.15, 0.2) is 42.5 Å². The maximum Gasteiger partial charge on any atom is 0.227 e. The third-order valence-electron chi connectivity index (χ3n) is 5.07. The molecule has 0 spiro atoms. The van der Waals surface area contributed by atoms with Crippen molar-refractivity contribution in [3.63, 3.8) is 0 Å². The summed E-state index contributed by atoms with van der Waals surface area (Å²) in [4.78, 5) is 26.2. The van der Waals surface area contributed by atoms with Crippen LogP contribution in [0.5, 0.6) is 5.75 Å².